The zero-order valence-electron chi connectivity index (χ0n) is 10.2. The summed E-state index contributed by atoms with van der Waals surface area (Å²) in [6.07, 6.45) is 3.09. The van der Waals surface area contributed by atoms with Gasteiger partial charge in [-0.1, -0.05) is 12.5 Å². The molecular formula is C12H19NO3S. The summed E-state index contributed by atoms with van der Waals surface area (Å²) < 4.78 is 31.8. The van der Waals surface area contributed by atoms with E-state index in [9.17, 15) is 13.0 Å². The van der Waals surface area contributed by atoms with E-state index < -0.39 is 15.4 Å². The van der Waals surface area contributed by atoms with Gasteiger partial charge in [-0.3, -0.25) is 4.55 Å². The minimum absolute atomic E-state index is 0.137. The van der Waals surface area contributed by atoms with Crippen LogP contribution in [-0.2, 0) is 10.1 Å². The molecule has 4 atom stereocenters. The normalized spacial score (nSPS) is 44.8. The summed E-state index contributed by atoms with van der Waals surface area (Å²) in [6.45, 7) is 4.36. The summed E-state index contributed by atoms with van der Waals surface area (Å²) in [5.41, 5.74) is 2.88. The highest BCUT2D eigenvalue weighted by atomic mass is 32.2. The van der Waals surface area contributed by atoms with Crippen LogP contribution in [-0.4, -0.2) is 24.3 Å². The lowest BCUT2D eigenvalue weighted by atomic mass is 9.61. The van der Waals surface area contributed by atoms with E-state index in [4.69, 9.17) is 0 Å². The summed E-state index contributed by atoms with van der Waals surface area (Å²) in [5.74, 6) is 0.363. The fourth-order valence-electron chi connectivity index (χ4n) is 4.18. The van der Waals surface area contributed by atoms with Crippen molar-refractivity contribution in [3.63, 3.8) is 0 Å². The summed E-state index contributed by atoms with van der Waals surface area (Å²) in [4.78, 5) is 0. The van der Waals surface area contributed by atoms with Gasteiger partial charge in [0.2, 0.25) is 0 Å². The Morgan fingerprint density at radius 2 is 2.12 bits per heavy atom. The summed E-state index contributed by atoms with van der Waals surface area (Å²) in [7, 11) is -3.87. The fraction of sp³-hybridized carbons (Fsp3) is 0.833. The number of hydrogen-bond acceptors (Lipinski definition) is 3. The van der Waals surface area contributed by atoms with Crippen LogP contribution in [0.2, 0.25) is 0 Å². The molecule has 3 rings (SSSR count). The third-order valence-corrected chi connectivity index (χ3v) is 6.27. The SMILES string of the molecule is CC1=C2N[C@@H]3CCC(S(=O)(=O)O)CC3C2(C)C1. The number of hydrogen-bond donors (Lipinski definition) is 2. The largest absolute Gasteiger partial charge is 0.385 e. The Bertz CT molecular complexity index is 496. The molecule has 1 saturated heterocycles. The number of allylic oxidation sites excluding steroid dienone is 2. The first kappa shape index (κ1) is 11.5. The van der Waals surface area contributed by atoms with E-state index >= 15 is 0 Å². The van der Waals surface area contributed by atoms with Gasteiger partial charge < -0.3 is 5.32 Å². The van der Waals surface area contributed by atoms with Gasteiger partial charge in [0, 0.05) is 17.2 Å². The zero-order valence-corrected chi connectivity index (χ0v) is 11.0. The molecule has 0 amide bonds. The van der Waals surface area contributed by atoms with E-state index in [-0.39, 0.29) is 5.41 Å². The van der Waals surface area contributed by atoms with Gasteiger partial charge in [-0.25, -0.2) is 0 Å². The Morgan fingerprint density at radius 3 is 2.71 bits per heavy atom. The van der Waals surface area contributed by atoms with Gasteiger partial charge in [0.15, 0.2) is 0 Å². The van der Waals surface area contributed by atoms with Crippen molar-refractivity contribution >= 4 is 10.1 Å². The van der Waals surface area contributed by atoms with Crippen molar-refractivity contribution in [2.45, 2.75) is 50.8 Å². The van der Waals surface area contributed by atoms with Crippen molar-refractivity contribution in [2.24, 2.45) is 11.3 Å². The van der Waals surface area contributed by atoms with E-state index in [1.165, 1.54) is 11.3 Å². The van der Waals surface area contributed by atoms with Crippen LogP contribution >= 0.6 is 0 Å². The molecule has 2 aliphatic carbocycles. The predicted molar refractivity (Wildman–Crippen MR) is 65.0 cm³/mol. The maximum absolute atomic E-state index is 11.3. The minimum atomic E-state index is -3.87. The first-order chi connectivity index (χ1) is 7.82. The Kier molecular flexibility index (Phi) is 2.21. The molecule has 0 aromatic carbocycles. The zero-order chi connectivity index (χ0) is 12.4. The van der Waals surface area contributed by atoms with Gasteiger partial charge in [-0.2, -0.15) is 8.42 Å². The van der Waals surface area contributed by atoms with Crippen LogP contribution in [0.4, 0.5) is 0 Å². The second-order valence-electron chi connectivity index (χ2n) is 6.06. The van der Waals surface area contributed by atoms with E-state index in [1.54, 1.807) is 0 Å². The molecule has 17 heavy (non-hydrogen) atoms. The maximum Gasteiger partial charge on any atom is 0.267 e. The topological polar surface area (TPSA) is 66.4 Å². The van der Waals surface area contributed by atoms with Crippen molar-refractivity contribution in [1.82, 2.24) is 5.32 Å². The smallest absolute Gasteiger partial charge is 0.267 e. The lowest BCUT2D eigenvalue weighted by Crippen LogP contribution is -2.41. The molecule has 3 unspecified atom stereocenters. The average Bonchev–Trinajstić information content (AvgIpc) is 2.46. The van der Waals surface area contributed by atoms with E-state index in [0.29, 0.717) is 24.8 Å². The second-order valence-corrected chi connectivity index (χ2v) is 7.75. The molecular weight excluding hydrogens is 238 g/mol. The van der Waals surface area contributed by atoms with Crippen molar-refractivity contribution in [3.05, 3.63) is 11.3 Å². The quantitative estimate of drug-likeness (QED) is 0.702. The molecule has 1 saturated carbocycles. The molecule has 5 heteroatoms. The van der Waals surface area contributed by atoms with Crippen LogP contribution in [0.25, 0.3) is 0 Å². The van der Waals surface area contributed by atoms with Crippen LogP contribution in [0, 0.1) is 11.3 Å². The van der Waals surface area contributed by atoms with Gasteiger partial charge in [-0.15, -0.1) is 0 Å². The molecule has 0 bridgehead atoms. The molecule has 2 N–H and O–H groups in total. The van der Waals surface area contributed by atoms with Crippen molar-refractivity contribution in [2.75, 3.05) is 0 Å². The summed E-state index contributed by atoms with van der Waals surface area (Å²) in [6, 6.07) is 0.408. The van der Waals surface area contributed by atoms with Crippen molar-refractivity contribution < 1.29 is 13.0 Å². The second kappa shape index (κ2) is 3.26. The fourth-order valence-corrected chi connectivity index (χ4v) is 5.06. The first-order valence-corrected chi connectivity index (χ1v) is 7.76. The van der Waals surface area contributed by atoms with Gasteiger partial charge in [0.1, 0.15) is 0 Å². The van der Waals surface area contributed by atoms with Crippen LogP contribution < -0.4 is 5.32 Å². The third-order valence-electron chi connectivity index (χ3n) is 5.00. The van der Waals surface area contributed by atoms with Gasteiger partial charge in [-0.05, 0) is 38.5 Å². The van der Waals surface area contributed by atoms with Crippen LogP contribution in [0.1, 0.15) is 39.5 Å². The van der Waals surface area contributed by atoms with Crippen LogP contribution in [0.3, 0.4) is 0 Å². The standard InChI is InChI=1S/C12H19NO3S/c1-7-6-12(2)9-5-8(17(14,15)16)3-4-10(9)13-11(7)12/h8-10,13H,3-6H2,1-2H3,(H,14,15,16)/t8?,9?,10-,12?/m1/s1. The molecule has 96 valence electrons. The van der Waals surface area contributed by atoms with Crippen molar-refractivity contribution in [3.8, 4) is 0 Å². The van der Waals surface area contributed by atoms with E-state index in [2.05, 4.69) is 19.2 Å². The molecule has 0 aromatic rings. The number of rotatable bonds is 1. The minimum Gasteiger partial charge on any atom is -0.385 e. The van der Waals surface area contributed by atoms with Gasteiger partial charge in [0.25, 0.3) is 10.1 Å². The lowest BCUT2D eigenvalue weighted by Gasteiger charge is -2.43. The third kappa shape index (κ3) is 1.48. The maximum atomic E-state index is 11.3. The Labute approximate surface area is 102 Å². The molecule has 2 fully saturated rings. The molecule has 1 heterocycles. The van der Waals surface area contributed by atoms with Gasteiger partial charge >= 0.3 is 0 Å². The van der Waals surface area contributed by atoms with E-state index in [0.717, 1.165) is 12.8 Å². The molecule has 1 aliphatic heterocycles. The van der Waals surface area contributed by atoms with Crippen molar-refractivity contribution in [1.29, 1.82) is 0 Å². The highest BCUT2D eigenvalue weighted by Crippen LogP contribution is 2.58. The molecule has 0 spiro atoms. The first-order valence-electron chi connectivity index (χ1n) is 6.25. The predicted octanol–water partition coefficient (Wildman–Crippen LogP) is 1.70. The van der Waals surface area contributed by atoms with Crippen LogP contribution in [0.15, 0.2) is 11.3 Å². The van der Waals surface area contributed by atoms with E-state index in [1.807, 2.05) is 0 Å². The Balaban J connectivity index is 1.88. The Morgan fingerprint density at radius 1 is 1.41 bits per heavy atom. The van der Waals surface area contributed by atoms with Crippen LogP contribution in [0.5, 0.6) is 0 Å². The number of nitrogens with one attached hydrogen (secondary N) is 1. The average molecular weight is 257 g/mol. The van der Waals surface area contributed by atoms with Gasteiger partial charge in [0.05, 0.1) is 5.25 Å². The highest BCUT2D eigenvalue weighted by molar-refractivity contribution is 7.86. The molecule has 3 aliphatic rings. The Hall–Kier alpha value is -0.550. The number of fused-ring (bicyclic) bond motifs is 3. The molecule has 4 nitrogen and oxygen atoms in total. The molecule has 0 radical (unpaired) electrons. The molecule has 0 aromatic heterocycles. The highest BCUT2D eigenvalue weighted by Gasteiger charge is 2.56. The monoisotopic (exact) mass is 257 g/mol. The summed E-state index contributed by atoms with van der Waals surface area (Å²) in [5, 5.41) is 3.00. The lowest BCUT2D eigenvalue weighted by molar-refractivity contribution is 0.179. The summed E-state index contributed by atoms with van der Waals surface area (Å²) >= 11 is 0.